The van der Waals surface area contributed by atoms with Gasteiger partial charge in [-0.15, -0.1) is 0 Å². The Balaban J connectivity index is 1.47. The van der Waals surface area contributed by atoms with Gasteiger partial charge in [-0.2, -0.15) is 5.10 Å². The minimum atomic E-state index is -0.139. The second kappa shape index (κ2) is 10.7. The van der Waals surface area contributed by atoms with E-state index in [2.05, 4.69) is 15.3 Å². The van der Waals surface area contributed by atoms with Gasteiger partial charge in [-0.05, 0) is 37.4 Å². The van der Waals surface area contributed by atoms with E-state index < -0.39 is 0 Å². The van der Waals surface area contributed by atoms with E-state index in [1.54, 1.807) is 7.11 Å². The first-order chi connectivity index (χ1) is 15.0. The van der Waals surface area contributed by atoms with Gasteiger partial charge in [0.15, 0.2) is 0 Å². The van der Waals surface area contributed by atoms with Gasteiger partial charge in [-0.1, -0.05) is 42.5 Å². The van der Waals surface area contributed by atoms with Gasteiger partial charge < -0.3 is 15.0 Å². The van der Waals surface area contributed by atoms with Gasteiger partial charge in [0.05, 0.1) is 25.4 Å². The van der Waals surface area contributed by atoms with Crippen LogP contribution in [-0.4, -0.2) is 61.7 Å². The maximum Gasteiger partial charge on any atom is 0.243 e. The van der Waals surface area contributed by atoms with Crippen LogP contribution in [0.3, 0.4) is 0 Å². The van der Waals surface area contributed by atoms with E-state index in [0.717, 1.165) is 29.0 Å². The zero-order valence-corrected chi connectivity index (χ0v) is 18.4. The van der Waals surface area contributed by atoms with Gasteiger partial charge in [-0.25, -0.2) is 5.01 Å². The lowest BCUT2D eigenvalue weighted by atomic mass is 10.1. The van der Waals surface area contributed by atoms with Crippen LogP contribution in [0.15, 0.2) is 59.7 Å². The number of ether oxygens (including phenoxy) is 1. The summed E-state index contributed by atoms with van der Waals surface area (Å²) in [5, 5.41) is 8.87. The molecule has 3 rings (SSSR count). The summed E-state index contributed by atoms with van der Waals surface area (Å²) in [4.78, 5) is 26.9. The smallest absolute Gasteiger partial charge is 0.243 e. The van der Waals surface area contributed by atoms with E-state index in [1.165, 1.54) is 5.01 Å². The molecule has 7 nitrogen and oxygen atoms in total. The Bertz CT molecular complexity index is 910. The Labute approximate surface area is 183 Å². The highest BCUT2D eigenvalue weighted by atomic mass is 16.5. The lowest BCUT2D eigenvalue weighted by Gasteiger charge is -2.25. The molecule has 2 aromatic rings. The quantitative estimate of drug-likeness (QED) is 0.674. The van der Waals surface area contributed by atoms with E-state index >= 15 is 0 Å². The summed E-state index contributed by atoms with van der Waals surface area (Å²) in [6, 6.07) is 17.7. The molecule has 164 valence electrons. The third-order valence-electron chi connectivity index (χ3n) is 5.38. The van der Waals surface area contributed by atoms with Gasteiger partial charge in [0, 0.05) is 25.8 Å². The number of nitrogens with one attached hydrogen (secondary N) is 1. The number of hydrazone groups is 1. The lowest BCUT2D eigenvalue weighted by molar-refractivity contribution is -0.133. The molecule has 1 unspecified atom stereocenters. The Hall–Kier alpha value is -3.19. The van der Waals surface area contributed by atoms with Crippen LogP contribution in [0, 0.1) is 0 Å². The Morgan fingerprint density at radius 3 is 2.45 bits per heavy atom. The minimum Gasteiger partial charge on any atom is -0.497 e. The van der Waals surface area contributed by atoms with Crippen LogP contribution in [0.2, 0.25) is 0 Å². The summed E-state index contributed by atoms with van der Waals surface area (Å²) in [6.45, 7) is 1.03. The minimum absolute atomic E-state index is 0.0298. The standard InChI is InChI=1S/C24H30N4O3/c1-27(2)22(19-9-11-20(31-3)12-10-19)17-25-23(29)13-14-24(30)28-16-15-21(26-28)18-7-5-4-6-8-18/h4-12,22H,13-17H2,1-3H3,(H,25,29). The molecule has 0 bridgehead atoms. The van der Waals surface area contributed by atoms with Crippen LogP contribution in [0.5, 0.6) is 5.75 Å². The van der Waals surface area contributed by atoms with Crippen LogP contribution in [0.4, 0.5) is 0 Å². The summed E-state index contributed by atoms with van der Waals surface area (Å²) < 4.78 is 5.21. The van der Waals surface area contributed by atoms with Crippen molar-refractivity contribution in [1.82, 2.24) is 15.2 Å². The highest BCUT2D eigenvalue weighted by Crippen LogP contribution is 2.21. The molecule has 0 spiro atoms. The number of amides is 2. The number of hydrogen-bond acceptors (Lipinski definition) is 5. The fourth-order valence-corrected chi connectivity index (χ4v) is 3.54. The predicted octanol–water partition coefficient (Wildman–Crippen LogP) is 2.83. The van der Waals surface area contributed by atoms with Crippen molar-refractivity contribution in [3.05, 3.63) is 65.7 Å². The third-order valence-corrected chi connectivity index (χ3v) is 5.38. The van der Waals surface area contributed by atoms with E-state index in [9.17, 15) is 9.59 Å². The highest BCUT2D eigenvalue weighted by Gasteiger charge is 2.22. The SMILES string of the molecule is COc1ccc(C(CNC(=O)CCC(=O)N2CCC(c3ccccc3)=N2)N(C)C)cc1. The van der Waals surface area contributed by atoms with Gasteiger partial charge in [0.2, 0.25) is 11.8 Å². The summed E-state index contributed by atoms with van der Waals surface area (Å²) in [5.74, 6) is 0.532. The molecule has 2 amide bonds. The number of benzene rings is 2. The summed E-state index contributed by atoms with van der Waals surface area (Å²) in [5.41, 5.74) is 3.03. The molecule has 0 saturated carbocycles. The number of rotatable bonds is 9. The molecule has 0 radical (unpaired) electrons. The average Bonchev–Trinajstić information content (AvgIpc) is 3.29. The van der Waals surface area contributed by atoms with Crippen molar-refractivity contribution in [2.45, 2.75) is 25.3 Å². The molecule has 1 N–H and O–H groups in total. The van der Waals surface area contributed by atoms with Gasteiger partial charge in [-0.3, -0.25) is 9.59 Å². The van der Waals surface area contributed by atoms with E-state index in [4.69, 9.17) is 4.74 Å². The first-order valence-electron chi connectivity index (χ1n) is 10.5. The number of methoxy groups -OCH3 is 1. The van der Waals surface area contributed by atoms with Crippen molar-refractivity contribution in [1.29, 1.82) is 0 Å². The maximum atomic E-state index is 12.5. The Morgan fingerprint density at radius 1 is 1.10 bits per heavy atom. The van der Waals surface area contributed by atoms with Crippen molar-refractivity contribution in [3.8, 4) is 5.75 Å². The number of carbonyl (C=O) groups is 2. The molecule has 1 aliphatic heterocycles. The van der Waals surface area contributed by atoms with Gasteiger partial charge in [0.1, 0.15) is 5.75 Å². The van der Waals surface area contributed by atoms with Crippen molar-refractivity contribution in [2.75, 3.05) is 34.3 Å². The lowest BCUT2D eigenvalue weighted by Crippen LogP contribution is -2.35. The third kappa shape index (κ3) is 6.15. The van der Waals surface area contributed by atoms with E-state index in [-0.39, 0.29) is 30.7 Å². The molecule has 1 atom stereocenters. The van der Waals surface area contributed by atoms with E-state index in [1.807, 2.05) is 68.7 Å². The largest absolute Gasteiger partial charge is 0.497 e. The second-order valence-corrected chi connectivity index (χ2v) is 7.74. The van der Waals surface area contributed by atoms with Crippen molar-refractivity contribution in [3.63, 3.8) is 0 Å². The van der Waals surface area contributed by atoms with Crippen LogP contribution in [0.25, 0.3) is 0 Å². The van der Waals surface area contributed by atoms with Crippen LogP contribution >= 0.6 is 0 Å². The van der Waals surface area contributed by atoms with Gasteiger partial charge >= 0.3 is 0 Å². The molecule has 0 aromatic heterocycles. The molecule has 1 aliphatic rings. The molecule has 1 heterocycles. The number of likely N-dealkylation sites (N-methyl/N-ethyl adjacent to an activating group) is 1. The van der Waals surface area contributed by atoms with Crippen LogP contribution < -0.4 is 10.1 Å². The molecule has 0 aliphatic carbocycles. The van der Waals surface area contributed by atoms with Crippen molar-refractivity contribution >= 4 is 17.5 Å². The number of nitrogens with zero attached hydrogens (tertiary/aromatic N) is 3. The molecular weight excluding hydrogens is 392 g/mol. The second-order valence-electron chi connectivity index (χ2n) is 7.74. The summed E-state index contributed by atoms with van der Waals surface area (Å²) in [7, 11) is 5.58. The van der Waals surface area contributed by atoms with Gasteiger partial charge in [0.25, 0.3) is 0 Å². The van der Waals surface area contributed by atoms with Crippen molar-refractivity contribution < 1.29 is 14.3 Å². The summed E-state index contributed by atoms with van der Waals surface area (Å²) >= 11 is 0. The maximum absolute atomic E-state index is 12.5. The Morgan fingerprint density at radius 2 is 1.81 bits per heavy atom. The van der Waals surface area contributed by atoms with Crippen molar-refractivity contribution in [2.24, 2.45) is 5.10 Å². The zero-order valence-electron chi connectivity index (χ0n) is 18.4. The summed E-state index contributed by atoms with van der Waals surface area (Å²) in [6.07, 6.45) is 1.02. The molecule has 0 fully saturated rings. The normalized spacial score (nSPS) is 14.3. The molecular formula is C24H30N4O3. The molecule has 2 aromatic carbocycles. The predicted molar refractivity (Wildman–Crippen MR) is 121 cm³/mol. The highest BCUT2D eigenvalue weighted by molar-refractivity contribution is 6.02. The van der Waals surface area contributed by atoms with Crippen LogP contribution in [0.1, 0.15) is 36.4 Å². The monoisotopic (exact) mass is 422 g/mol. The van der Waals surface area contributed by atoms with E-state index in [0.29, 0.717) is 13.1 Å². The molecule has 7 heteroatoms. The number of hydrogen-bond donors (Lipinski definition) is 1. The first kappa shape index (κ1) is 22.5. The number of carbonyl (C=O) groups excluding carboxylic acids is 2. The fraction of sp³-hybridized carbons (Fsp3) is 0.375. The first-order valence-corrected chi connectivity index (χ1v) is 10.5. The average molecular weight is 423 g/mol. The van der Waals surface area contributed by atoms with Crippen LogP contribution in [-0.2, 0) is 9.59 Å². The topological polar surface area (TPSA) is 74.2 Å². The molecule has 31 heavy (non-hydrogen) atoms. The molecule has 0 saturated heterocycles. The Kier molecular flexibility index (Phi) is 7.78. The zero-order chi connectivity index (χ0) is 22.2. The fourth-order valence-electron chi connectivity index (χ4n) is 3.54.